The number of nitrogens with zero attached hydrogens (tertiary/aromatic N) is 2. The molecule has 0 radical (unpaired) electrons. The summed E-state index contributed by atoms with van der Waals surface area (Å²) in [6.45, 7) is 8.13. The number of amides is 2. The van der Waals surface area contributed by atoms with Crippen LogP contribution in [0.25, 0.3) is 22.6 Å². The van der Waals surface area contributed by atoms with Crippen LogP contribution in [0.4, 0.5) is 29.3 Å². The molecule has 0 spiro atoms. The number of carbonyl (C=O) groups is 1. The van der Waals surface area contributed by atoms with Crippen molar-refractivity contribution in [2.75, 3.05) is 10.6 Å². The Hall–Kier alpha value is -4.20. The van der Waals surface area contributed by atoms with Crippen molar-refractivity contribution in [3.05, 3.63) is 95.7 Å². The van der Waals surface area contributed by atoms with Gasteiger partial charge in [0.25, 0.3) is 0 Å². The van der Waals surface area contributed by atoms with Crippen molar-refractivity contribution < 1.29 is 18.0 Å². The standard InChI is InChI=1S/C30H29F3N4O/c1-18(2)21-14-10-15-22(19(3)4)26(21)37-29(38)35-25-17-34-28(20-11-6-5-7-12-20)36-27(25)23-13-8-9-16-24(23)30(31,32)33/h5-19H,1-4H3,(H2,35,37,38). The molecule has 0 bridgehead atoms. The SMILES string of the molecule is CC(C)c1cccc(C(C)C)c1NC(=O)Nc1cnc(-c2ccccc2)nc1-c1ccccc1C(F)(F)F. The van der Waals surface area contributed by atoms with Gasteiger partial charge in [-0.1, -0.05) is 94.4 Å². The molecule has 2 N–H and O–H groups in total. The Morgan fingerprint density at radius 1 is 0.789 bits per heavy atom. The van der Waals surface area contributed by atoms with E-state index >= 15 is 0 Å². The fraction of sp³-hybridized carbons (Fsp3) is 0.233. The maximum atomic E-state index is 13.9. The van der Waals surface area contributed by atoms with Crippen LogP contribution < -0.4 is 10.6 Å². The van der Waals surface area contributed by atoms with E-state index in [2.05, 4.69) is 20.6 Å². The molecule has 8 heteroatoms. The van der Waals surface area contributed by atoms with Crippen LogP contribution in [0.15, 0.2) is 79.0 Å². The number of hydrogen-bond donors (Lipinski definition) is 2. The molecule has 1 heterocycles. The highest BCUT2D eigenvalue weighted by atomic mass is 19.4. The molecule has 3 aromatic carbocycles. The van der Waals surface area contributed by atoms with E-state index < -0.39 is 17.8 Å². The van der Waals surface area contributed by atoms with Gasteiger partial charge in [-0.05, 0) is 29.0 Å². The predicted molar refractivity (Wildman–Crippen MR) is 145 cm³/mol. The van der Waals surface area contributed by atoms with E-state index in [1.54, 1.807) is 24.3 Å². The maximum absolute atomic E-state index is 13.9. The van der Waals surface area contributed by atoms with E-state index in [1.807, 2.05) is 52.0 Å². The third-order valence-corrected chi connectivity index (χ3v) is 6.17. The minimum atomic E-state index is -4.61. The van der Waals surface area contributed by atoms with Crippen LogP contribution >= 0.6 is 0 Å². The molecule has 0 aliphatic heterocycles. The van der Waals surface area contributed by atoms with Crippen LogP contribution in [0.2, 0.25) is 0 Å². The quantitative estimate of drug-likeness (QED) is 0.268. The fourth-order valence-electron chi connectivity index (χ4n) is 4.30. The van der Waals surface area contributed by atoms with Crippen molar-refractivity contribution >= 4 is 17.4 Å². The largest absolute Gasteiger partial charge is 0.417 e. The lowest BCUT2D eigenvalue weighted by Gasteiger charge is -2.21. The van der Waals surface area contributed by atoms with E-state index in [9.17, 15) is 18.0 Å². The Bertz CT molecular complexity index is 1410. The van der Waals surface area contributed by atoms with Crippen LogP contribution in [0, 0.1) is 0 Å². The summed E-state index contributed by atoms with van der Waals surface area (Å²) in [7, 11) is 0. The Kier molecular flexibility index (Phi) is 7.80. The summed E-state index contributed by atoms with van der Waals surface area (Å²) in [5, 5.41) is 5.64. The number of carbonyl (C=O) groups excluding carboxylic acids is 1. The van der Waals surface area contributed by atoms with Gasteiger partial charge in [0.05, 0.1) is 23.1 Å². The number of nitrogens with one attached hydrogen (secondary N) is 2. The number of rotatable bonds is 6. The number of anilines is 2. The van der Waals surface area contributed by atoms with Crippen molar-refractivity contribution in [3.63, 3.8) is 0 Å². The summed E-state index contributed by atoms with van der Waals surface area (Å²) >= 11 is 0. The topological polar surface area (TPSA) is 66.9 Å². The van der Waals surface area contributed by atoms with Gasteiger partial charge in [-0.2, -0.15) is 13.2 Å². The zero-order valence-corrected chi connectivity index (χ0v) is 21.6. The highest BCUT2D eigenvalue weighted by Gasteiger charge is 2.34. The number of urea groups is 1. The third kappa shape index (κ3) is 5.85. The summed E-state index contributed by atoms with van der Waals surface area (Å²) < 4.78 is 41.8. The molecule has 5 nitrogen and oxygen atoms in total. The molecule has 4 rings (SSSR count). The normalized spacial score (nSPS) is 11.6. The van der Waals surface area contributed by atoms with Gasteiger partial charge in [0.15, 0.2) is 5.82 Å². The summed E-state index contributed by atoms with van der Waals surface area (Å²) in [6.07, 6.45) is -3.27. The first-order chi connectivity index (χ1) is 18.1. The van der Waals surface area contributed by atoms with Crippen LogP contribution in [0.5, 0.6) is 0 Å². The zero-order valence-electron chi connectivity index (χ0n) is 21.6. The lowest BCUT2D eigenvalue weighted by Crippen LogP contribution is -2.22. The number of halogens is 3. The molecular weight excluding hydrogens is 489 g/mol. The Morgan fingerprint density at radius 3 is 2.00 bits per heavy atom. The molecule has 0 atom stereocenters. The second kappa shape index (κ2) is 11.0. The van der Waals surface area contributed by atoms with Crippen LogP contribution in [0.3, 0.4) is 0 Å². The minimum absolute atomic E-state index is 0.0249. The van der Waals surface area contributed by atoms with E-state index in [0.29, 0.717) is 11.3 Å². The van der Waals surface area contributed by atoms with Gasteiger partial charge in [-0.3, -0.25) is 0 Å². The molecule has 0 saturated heterocycles. The first-order valence-corrected chi connectivity index (χ1v) is 12.4. The second-order valence-corrected chi connectivity index (χ2v) is 9.57. The van der Waals surface area contributed by atoms with Gasteiger partial charge >= 0.3 is 12.2 Å². The summed E-state index contributed by atoms with van der Waals surface area (Å²) in [5.41, 5.74) is 2.29. The zero-order chi connectivity index (χ0) is 27.4. The van der Waals surface area contributed by atoms with Crippen molar-refractivity contribution in [1.29, 1.82) is 0 Å². The van der Waals surface area contributed by atoms with E-state index in [0.717, 1.165) is 17.2 Å². The molecule has 0 aliphatic rings. The highest BCUT2D eigenvalue weighted by molar-refractivity contribution is 6.03. The molecule has 196 valence electrons. The predicted octanol–water partition coefficient (Wildman–Crippen LogP) is 8.72. The molecular formula is C30H29F3N4O. The van der Waals surface area contributed by atoms with Gasteiger partial charge in [0.2, 0.25) is 0 Å². The number of alkyl halides is 3. The smallest absolute Gasteiger partial charge is 0.307 e. The van der Waals surface area contributed by atoms with Crippen LogP contribution in [0.1, 0.15) is 56.2 Å². The van der Waals surface area contributed by atoms with Crippen LogP contribution in [-0.2, 0) is 6.18 Å². The number of benzene rings is 3. The minimum Gasteiger partial charge on any atom is -0.307 e. The Morgan fingerprint density at radius 2 is 1.39 bits per heavy atom. The molecule has 0 aliphatic carbocycles. The van der Waals surface area contributed by atoms with E-state index in [4.69, 9.17) is 0 Å². The molecule has 0 fully saturated rings. The molecule has 0 unspecified atom stereocenters. The third-order valence-electron chi connectivity index (χ3n) is 6.17. The van der Waals surface area contributed by atoms with Gasteiger partial charge in [0, 0.05) is 16.8 Å². The molecule has 4 aromatic rings. The summed E-state index contributed by atoms with van der Waals surface area (Å²) in [4.78, 5) is 22.1. The molecule has 38 heavy (non-hydrogen) atoms. The number of hydrogen-bond acceptors (Lipinski definition) is 3. The van der Waals surface area contributed by atoms with Gasteiger partial charge in [-0.25, -0.2) is 14.8 Å². The second-order valence-electron chi connectivity index (χ2n) is 9.57. The van der Waals surface area contributed by atoms with Gasteiger partial charge in [-0.15, -0.1) is 0 Å². The lowest BCUT2D eigenvalue weighted by molar-refractivity contribution is -0.137. The van der Waals surface area contributed by atoms with Crippen LogP contribution in [-0.4, -0.2) is 16.0 Å². The number of para-hydroxylation sites is 1. The maximum Gasteiger partial charge on any atom is 0.417 e. The van der Waals surface area contributed by atoms with E-state index in [-0.39, 0.29) is 34.6 Å². The van der Waals surface area contributed by atoms with Gasteiger partial charge < -0.3 is 10.6 Å². The average Bonchev–Trinajstić information content (AvgIpc) is 2.88. The Labute approximate surface area is 220 Å². The Balaban J connectivity index is 1.78. The molecule has 0 saturated carbocycles. The molecule has 1 aromatic heterocycles. The van der Waals surface area contributed by atoms with Crippen molar-refractivity contribution in [2.24, 2.45) is 0 Å². The average molecular weight is 519 g/mol. The van der Waals surface area contributed by atoms with Crippen molar-refractivity contribution in [3.8, 4) is 22.6 Å². The first-order valence-electron chi connectivity index (χ1n) is 12.4. The highest BCUT2D eigenvalue weighted by Crippen LogP contribution is 2.39. The monoisotopic (exact) mass is 518 g/mol. The first kappa shape index (κ1) is 26.9. The van der Waals surface area contributed by atoms with Crippen molar-refractivity contribution in [2.45, 2.75) is 45.7 Å². The van der Waals surface area contributed by atoms with E-state index in [1.165, 1.54) is 24.4 Å². The summed E-state index contributed by atoms with van der Waals surface area (Å²) in [5.74, 6) is 0.536. The fourth-order valence-corrected chi connectivity index (χ4v) is 4.30. The lowest BCUT2D eigenvalue weighted by atomic mass is 9.93. The van der Waals surface area contributed by atoms with Crippen molar-refractivity contribution in [1.82, 2.24) is 9.97 Å². The molecule has 2 amide bonds. The number of aromatic nitrogens is 2. The summed E-state index contributed by atoms with van der Waals surface area (Å²) in [6, 6.07) is 19.4. The van der Waals surface area contributed by atoms with Gasteiger partial charge in [0.1, 0.15) is 0 Å².